The van der Waals surface area contributed by atoms with Gasteiger partial charge < -0.3 is 19.6 Å². The van der Waals surface area contributed by atoms with Crippen molar-refractivity contribution in [3.05, 3.63) is 38.3 Å². The summed E-state index contributed by atoms with van der Waals surface area (Å²) in [6, 6.07) is 5.52. The summed E-state index contributed by atoms with van der Waals surface area (Å²) in [6.07, 6.45) is 0.702. The number of ether oxygens (including phenoxy) is 2. The number of carbonyl (C=O) groups is 2. The van der Waals surface area contributed by atoms with Crippen molar-refractivity contribution >= 4 is 35.0 Å². The Kier molecular flexibility index (Phi) is 3.57. The fourth-order valence-corrected chi connectivity index (χ4v) is 9.04. The van der Waals surface area contributed by atoms with Gasteiger partial charge in [-0.3, -0.25) is 14.4 Å². The van der Waals surface area contributed by atoms with E-state index in [0.717, 1.165) is 15.5 Å². The first-order valence-electron chi connectivity index (χ1n) is 9.50. The molecule has 9 heteroatoms. The molecule has 4 aliphatic rings. The molecule has 0 saturated heterocycles. The lowest BCUT2D eigenvalue weighted by atomic mass is 9.66. The third kappa shape index (κ3) is 2.17. The van der Waals surface area contributed by atoms with E-state index in [0.29, 0.717) is 17.9 Å². The van der Waals surface area contributed by atoms with Gasteiger partial charge in [-0.1, -0.05) is 23.5 Å². The third-order valence-corrected chi connectivity index (χ3v) is 9.63. The van der Waals surface area contributed by atoms with Crippen molar-refractivity contribution in [2.24, 2.45) is 29.6 Å². The Balaban J connectivity index is 1.65. The molecule has 1 aromatic carbocycles. The number of nitrogens with one attached hydrogen (secondary N) is 1. The average molecular weight is 431 g/mol. The minimum absolute atomic E-state index is 0.0463. The molecule has 2 aromatic rings. The fraction of sp³-hybridized carbons (Fsp3) is 0.450. The van der Waals surface area contributed by atoms with Gasteiger partial charge in [-0.05, 0) is 30.2 Å². The Bertz CT molecular complexity index is 1120. The van der Waals surface area contributed by atoms with Gasteiger partial charge in [-0.25, -0.2) is 0 Å². The van der Waals surface area contributed by atoms with Gasteiger partial charge in [-0.15, -0.1) is 11.8 Å². The van der Waals surface area contributed by atoms with E-state index < -0.39 is 23.8 Å². The van der Waals surface area contributed by atoms with Gasteiger partial charge in [0.15, 0.2) is 11.5 Å². The lowest BCUT2D eigenvalue weighted by Gasteiger charge is -2.45. The molecule has 29 heavy (non-hydrogen) atoms. The van der Waals surface area contributed by atoms with Crippen LogP contribution in [0.3, 0.4) is 0 Å². The maximum Gasteiger partial charge on any atom is 0.315 e. The van der Waals surface area contributed by atoms with Crippen LogP contribution in [0.5, 0.6) is 11.5 Å². The third-order valence-electron chi connectivity index (χ3n) is 7.04. The summed E-state index contributed by atoms with van der Waals surface area (Å²) in [5.41, 5.74) is 0.836. The molecule has 7 nitrogen and oxygen atoms in total. The van der Waals surface area contributed by atoms with Crippen molar-refractivity contribution in [1.29, 1.82) is 0 Å². The fourth-order valence-electron chi connectivity index (χ4n) is 6.16. The molecule has 2 bridgehead atoms. The first-order chi connectivity index (χ1) is 14.0. The minimum Gasteiger partial charge on any atom is -0.493 e. The normalized spacial score (nSPS) is 35.9. The van der Waals surface area contributed by atoms with E-state index in [4.69, 9.17) is 9.47 Å². The van der Waals surface area contributed by atoms with Crippen LogP contribution in [0.1, 0.15) is 22.8 Å². The van der Waals surface area contributed by atoms with Crippen LogP contribution in [0, 0.1) is 29.6 Å². The number of para-hydroxylation sites is 1. The second-order valence-corrected chi connectivity index (χ2v) is 10.3. The molecule has 0 unspecified atom stereocenters. The summed E-state index contributed by atoms with van der Waals surface area (Å²) in [5, 5.41) is 10.8. The van der Waals surface area contributed by atoms with Gasteiger partial charge >= 0.3 is 16.8 Å². The highest BCUT2D eigenvalue weighted by Gasteiger charge is 2.67. The quantitative estimate of drug-likeness (QED) is 0.556. The number of methoxy groups -OCH3 is 1. The highest BCUT2D eigenvalue weighted by molar-refractivity contribution is 8.00. The summed E-state index contributed by atoms with van der Waals surface area (Å²) in [7, 11) is 1.51. The van der Waals surface area contributed by atoms with Crippen LogP contribution in [-0.2, 0) is 9.59 Å². The van der Waals surface area contributed by atoms with Gasteiger partial charge in [-0.2, -0.15) is 0 Å². The number of aromatic nitrogens is 1. The average Bonchev–Trinajstić information content (AvgIpc) is 3.35. The topological polar surface area (TPSA) is 106 Å². The number of hydrogen-bond donors (Lipinski definition) is 2. The molecule has 0 amide bonds. The number of benzene rings is 1. The second-order valence-electron chi connectivity index (χ2n) is 8.10. The Labute approximate surface area is 173 Å². The van der Waals surface area contributed by atoms with E-state index in [9.17, 15) is 19.5 Å². The number of H-pyrrole nitrogens is 1. The highest BCUT2D eigenvalue weighted by Crippen LogP contribution is 2.68. The Morgan fingerprint density at radius 2 is 2.14 bits per heavy atom. The van der Waals surface area contributed by atoms with Crippen LogP contribution < -0.4 is 14.3 Å². The zero-order valence-corrected chi connectivity index (χ0v) is 16.9. The molecule has 2 fully saturated rings. The number of thiazole rings is 1. The number of carboxylic acids is 1. The van der Waals surface area contributed by atoms with Crippen LogP contribution in [0.2, 0.25) is 0 Å². The van der Waals surface area contributed by atoms with Crippen LogP contribution in [-0.4, -0.2) is 34.4 Å². The number of carboxylic acid groups (broad SMARTS) is 1. The minimum atomic E-state index is -0.944. The first kappa shape index (κ1) is 17.6. The molecule has 0 spiro atoms. The molecule has 2 saturated carbocycles. The van der Waals surface area contributed by atoms with Crippen molar-refractivity contribution in [3.8, 4) is 11.5 Å². The standard InChI is InChI=1S/C20H17NO6S2/c1-26-9-4-2-3-6-10-11-7-5-8(15(11)28-17-16(10)29-20(25)21-17)12(18(22)23)13(7)19(24)27-14(6)9/h2-4,7-8,10-13,15H,5H2,1H3,(H,21,25)(H,22,23)/t7-,8+,10-,11+,12+,13+,15-/m1/s1. The largest absolute Gasteiger partial charge is 0.493 e. The van der Waals surface area contributed by atoms with E-state index in [1.54, 1.807) is 17.8 Å². The van der Waals surface area contributed by atoms with E-state index in [2.05, 4.69) is 4.98 Å². The zero-order valence-electron chi connectivity index (χ0n) is 15.3. The van der Waals surface area contributed by atoms with E-state index in [-0.39, 0.29) is 33.8 Å². The van der Waals surface area contributed by atoms with Crippen LogP contribution in [0.15, 0.2) is 28.0 Å². The summed E-state index contributed by atoms with van der Waals surface area (Å²) >= 11 is 2.78. The Hall–Kier alpha value is -2.26. The van der Waals surface area contributed by atoms with Crippen LogP contribution in [0.25, 0.3) is 0 Å². The number of aromatic amines is 1. The molecule has 1 aromatic heterocycles. The summed E-state index contributed by atoms with van der Waals surface area (Å²) in [6.45, 7) is 0. The van der Waals surface area contributed by atoms with E-state index >= 15 is 0 Å². The number of hydrogen-bond acceptors (Lipinski definition) is 7. The van der Waals surface area contributed by atoms with Crippen molar-refractivity contribution in [2.75, 3.05) is 7.11 Å². The number of esters is 1. The van der Waals surface area contributed by atoms with Gasteiger partial charge in [0, 0.05) is 21.6 Å². The van der Waals surface area contributed by atoms with Gasteiger partial charge in [0.2, 0.25) is 0 Å². The molecule has 3 heterocycles. The summed E-state index contributed by atoms with van der Waals surface area (Å²) in [5.74, 6) is -2.28. The first-order valence-corrected chi connectivity index (χ1v) is 11.2. The van der Waals surface area contributed by atoms with E-state index in [1.807, 2.05) is 12.1 Å². The lowest BCUT2D eigenvalue weighted by molar-refractivity contribution is -0.156. The maximum atomic E-state index is 13.1. The monoisotopic (exact) mass is 431 g/mol. The van der Waals surface area contributed by atoms with Gasteiger partial charge in [0.1, 0.15) is 0 Å². The maximum absolute atomic E-state index is 13.1. The molecule has 0 radical (unpaired) electrons. The predicted octanol–water partition coefficient (Wildman–Crippen LogP) is 2.55. The number of thioether (sulfide) groups is 1. The van der Waals surface area contributed by atoms with Gasteiger partial charge in [0.25, 0.3) is 0 Å². The van der Waals surface area contributed by atoms with E-state index in [1.165, 1.54) is 18.4 Å². The Morgan fingerprint density at radius 3 is 2.90 bits per heavy atom. The molecule has 2 aliphatic carbocycles. The molecular formula is C20H17NO6S2. The number of carbonyl (C=O) groups excluding carboxylic acids is 1. The SMILES string of the molecule is COc1cccc2c1OC(=O)[C@H]1[C@@H]3C[C@H]([C@H]4Sc5[nH]c(=O)sc5[C@H]2[C@H]34)[C@@H]1C(=O)O. The molecular weight excluding hydrogens is 414 g/mol. The highest BCUT2D eigenvalue weighted by atomic mass is 32.2. The lowest BCUT2D eigenvalue weighted by Crippen LogP contribution is -2.49. The molecule has 6 rings (SSSR count). The van der Waals surface area contributed by atoms with Crippen LogP contribution >= 0.6 is 23.1 Å². The van der Waals surface area contributed by atoms with Crippen molar-refractivity contribution in [1.82, 2.24) is 4.98 Å². The molecule has 7 atom stereocenters. The molecule has 150 valence electrons. The smallest absolute Gasteiger partial charge is 0.315 e. The van der Waals surface area contributed by atoms with Crippen LogP contribution in [0.4, 0.5) is 0 Å². The van der Waals surface area contributed by atoms with Crippen molar-refractivity contribution in [2.45, 2.75) is 22.6 Å². The molecule has 2 aliphatic heterocycles. The van der Waals surface area contributed by atoms with Crippen molar-refractivity contribution in [3.63, 3.8) is 0 Å². The van der Waals surface area contributed by atoms with Crippen molar-refractivity contribution < 1.29 is 24.2 Å². The molecule has 2 N–H and O–H groups in total. The second kappa shape index (κ2) is 5.89. The number of rotatable bonds is 2. The predicted molar refractivity (Wildman–Crippen MR) is 105 cm³/mol. The van der Waals surface area contributed by atoms with Gasteiger partial charge in [0.05, 0.1) is 24.0 Å². The number of aliphatic carboxylic acids is 1. The zero-order chi connectivity index (χ0) is 20.0. The summed E-state index contributed by atoms with van der Waals surface area (Å²) < 4.78 is 11.3. The Morgan fingerprint density at radius 1 is 1.31 bits per heavy atom. The number of fused-ring (bicyclic) bond motifs is 6. The summed E-state index contributed by atoms with van der Waals surface area (Å²) in [4.78, 5) is 41.2.